The summed E-state index contributed by atoms with van der Waals surface area (Å²) >= 11 is 9.41. The van der Waals surface area contributed by atoms with E-state index in [1.807, 2.05) is 19.0 Å². The summed E-state index contributed by atoms with van der Waals surface area (Å²) in [4.78, 5) is 2.01. The topological polar surface area (TPSA) is 41.3 Å². The largest absolute Gasteiger partial charge is 0.382 e. The molecule has 114 valence electrons. The van der Waals surface area contributed by atoms with Gasteiger partial charge in [0.05, 0.1) is 23.5 Å². The second-order valence-electron chi connectivity index (χ2n) is 4.97. The zero-order chi connectivity index (χ0) is 15.6. The average Bonchev–Trinajstić information content (AvgIpc) is 2.77. The van der Waals surface area contributed by atoms with Crippen LogP contribution in [0.3, 0.4) is 0 Å². The van der Waals surface area contributed by atoms with Gasteiger partial charge in [-0.05, 0) is 26.2 Å². The minimum absolute atomic E-state index is 0.370. The van der Waals surface area contributed by atoms with Gasteiger partial charge in [-0.15, -0.1) is 0 Å². The summed E-state index contributed by atoms with van der Waals surface area (Å²) < 4.78 is 15.3. The van der Waals surface area contributed by atoms with E-state index in [2.05, 4.69) is 21.0 Å². The summed E-state index contributed by atoms with van der Waals surface area (Å²) in [7, 11) is 3.91. The predicted octanol–water partition coefficient (Wildman–Crippen LogP) is 3.08. The number of likely N-dealkylation sites (N-methyl/N-ethyl adjacent to an activating group) is 1. The van der Waals surface area contributed by atoms with Crippen LogP contribution in [0.4, 0.5) is 4.39 Å². The fourth-order valence-corrected chi connectivity index (χ4v) is 2.80. The van der Waals surface area contributed by atoms with E-state index in [0.717, 1.165) is 6.54 Å². The predicted molar refractivity (Wildman–Crippen MR) is 84.0 cm³/mol. The zero-order valence-corrected chi connectivity index (χ0v) is 14.1. The fourth-order valence-electron chi connectivity index (χ4n) is 1.99. The van der Waals surface area contributed by atoms with Crippen LogP contribution >= 0.6 is 27.5 Å². The highest BCUT2D eigenvalue weighted by Gasteiger charge is 2.22. The maximum absolute atomic E-state index is 13.2. The molecule has 0 saturated carbocycles. The smallest absolute Gasteiger partial charge is 0.124 e. The van der Waals surface area contributed by atoms with Gasteiger partial charge in [0.1, 0.15) is 11.9 Å². The molecule has 0 aliphatic heterocycles. The van der Waals surface area contributed by atoms with E-state index in [1.54, 1.807) is 4.68 Å². The molecule has 0 amide bonds. The molecule has 2 rings (SSSR count). The number of aromatic nitrogens is 2. The lowest BCUT2D eigenvalue weighted by atomic mass is 10.1. The van der Waals surface area contributed by atoms with E-state index in [4.69, 9.17) is 11.6 Å². The van der Waals surface area contributed by atoms with Crippen molar-refractivity contribution in [1.29, 1.82) is 0 Å². The van der Waals surface area contributed by atoms with Crippen molar-refractivity contribution in [2.75, 3.05) is 20.6 Å². The first-order valence-corrected chi connectivity index (χ1v) is 7.56. The highest BCUT2D eigenvalue weighted by atomic mass is 79.9. The summed E-state index contributed by atoms with van der Waals surface area (Å²) in [5.41, 5.74) is 1.05. The Morgan fingerprint density at radius 2 is 2.19 bits per heavy atom. The van der Waals surface area contributed by atoms with Gasteiger partial charge >= 0.3 is 0 Å². The number of hydrogen-bond donors (Lipinski definition) is 1. The summed E-state index contributed by atoms with van der Waals surface area (Å²) in [6, 6.07) is 4.15. The Hall–Kier alpha value is -0.950. The summed E-state index contributed by atoms with van der Waals surface area (Å²) in [5.74, 6) is -0.370. The number of hydrogen-bond acceptors (Lipinski definition) is 3. The van der Waals surface area contributed by atoms with Gasteiger partial charge in [0.15, 0.2) is 0 Å². The first-order valence-electron chi connectivity index (χ1n) is 6.39. The van der Waals surface area contributed by atoms with Gasteiger partial charge in [-0.2, -0.15) is 5.10 Å². The van der Waals surface area contributed by atoms with Gasteiger partial charge < -0.3 is 10.0 Å². The van der Waals surface area contributed by atoms with Crippen molar-refractivity contribution in [3.05, 3.63) is 51.0 Å². The minimum atomic E-state index is -0.975. The van der Waals surface area contributed by atoms with Gasteiger partial charge in [0.2, 0.25) is 0 Å². The molecule has 1 aromatic heterocycles. The van der Waals surface area contributed by atoms with Crippen LogP contribution in [-0.4, -0.2) is 40.4 Å². The van der Waals surface area contributed by atoms with Gasteiger partial charge in [-0.3, -0.25) is 4.68 Å². The molecular weight excluding hydrogens is 361 g/mol. The Labute approximate surface area is 136 Å². The Morgan fingerprint density at radius 3 is 2.81 bits per heavy atom. The van der Waals surface area contributed by atoms with Crippen LogP contribution < -0.4 is 0 Å². The molecule has 0 radical (unpaired) electrons. The van der Waals surface area contributed by atoms with E-state index in [-0.39, 0.29) is 5.82 Å². The molecule has 2 aromatic rings. The van der Waals surface area contributed by atoms with E-state index in [0.29, 0.717) is 27.3 Å². The Balaban J connectivity index is 2.34. The average molecular weight is 377 g/mol. The quantitative estimate of drug-likeness (QED) is 0.872. The highest BCUT2D eigenvalue weighted by Crippen LogP contribution is 2.32. The second-order valence-corrected chi connectivity index (χ2v) is 6.23. The Kier molecular flexibility index (Phi) is 5.37. The van der Waals surface area contributed by atoms with Gasteiger partial charge in [-0.25, -0.2) is 4.39 Å². The monoisotopic (exact) mass is 375 g/mol. The summed E-state index contributed by atoms with van der Waals surface area (Å²) in [6.45, 7) is 1.37. The minimum Gasteiger partial charge on any atom is -0.382 e. The van der Waals surface area contributed by atoms with Crippen LogP contribution in [0.25, 0.3) is 0 Å². The van der Waals surface area contributed by atoms with Crippen molar-refractivity contribution in [2.45, 2.75) is 12.6 Å². The van der Waals surface area contributed by atoms with Crippen molar-refractivity contribution in [1.82, 2.24) is 14.7 Å². The molecule has 1 heterocycles. The number of aliphatic hydroxyl groups is 1. The fraction of sp³-hybridized carbons (Fsp3) is 0.357. The van der Waals surface area contributed by atoms with Crippen LogP contribution in [0.15, 0.2) is 28.9 Å². The molecular formula is C14H16BrClFN3O. The standard InChI is InChI=1S/C14H16BrClFN3O/c1-19(2)5-6-20-13(12(16)8-18-20)14(21)10-4-3-9(17)7-11(10)15/h3-4,7-8,14,21H,5-6H2,1-2H3. The lowest BCUT2D eigenvalue weighted by Gasteiger charge is -2.17. The maximum atomic E-state index is 13.2. The van der Waals surface area contributed by atoms with Crippen molar-refractivity contribution in [2.24, 2.45) is 0 Å². The van der Waals surface area contributed by atoms with Crippen LogP contribution in [0.1, 0.15) is 17.4 Å². The molecule has 1 aromatic carbocycles. The van der Waals surface area contributed by atoms with E-state index >= 15 is 0 Å². The molecule has 0 spiro atoms. The van der Waals surface area contributed by atoms with Gasteiger partial charge in [0.25, 0.3) is 0 Å². The SMILES string of the molecule is CN(C)CCn1ncc(Cl)c1C(O)c1ccc(F)cc1Br. The Bertz CT molecular complexity index is 633. The molecule has 7 heteroatoms. The highest BCUT2D eigenvalue weighted by molar-refractivity contribution is 9.10. The second kappa shape index (κ2) is 6.87. The normalized spacial score (nSPS) is 12.9. The zero-order valence-electron chi connectivity index (χ0n) is 11.7. The van der Waals surface area contributed by atoms with Crippen molar-refractivity contribution >= 4 is 27.5 Å². The molecule has 4 nitrogen and oxygen atoms in total. The molecule has 0 bridgehead atoms. The third-order valence-corrected chi connectivity index (χ3v) is 4.09. The number of aliphatic hydroxyl groups excluding tert-OH is 1. The molecule has 0 fully saturated rings. The number of rotatable bonds is 5. The van der Waals surface area contributed by atoms with E-state index < -0.39 is 6.10 Å². The van der Waals surface area contributed by atoms with E-state index in [9.17, 15) is 9.50 Å². The molecule has 0 saturated heterocycles. The molecule has 1 N–H and O–H groups in total. The maximum Gasteiger partial charge on any atom is 0.124 e. The summed E-state index contributed by atoms with van der Waals surface area (Å²) in [5, 5.41) is 15.1. The molecule has 1 atom stereocenters. The molecule has 1 unspecified atom stereocenters. The van der Waals surface area contributed by atoms with Crippen LogP contribution in [0, 0.1) is 5.82 Å². The van der Waals surface area contributed by atoms with Crippen molar-refractivity contribution in [3.8, 4) is 0 Å². The molecule has 0 aliphatic rings. The third kappa shape index (κ3) is 3.83. The lowest BCUT2D eigenvalue weighted by molar-refractivity contribution is 0.205. The first-order chi connectivity index (χ1) is 9.90. The van der Waals surface area contributed by atoms with E-state index in [1.165, 1.54) is 24.4 Å². The van der Waals surface area contributed by atoms with Crippen molar-refractivity contribution in [3.63, 3.8) is 0 Å². The van der Waals surface area contributed by atoms with Gasteiger partial charge in [0, 0.05) is 16.6 Å². The summed E-state index contributed by atoms with van der Waals surface area (Å²) in [6.07, 6.45) is 0.532. The third-order valence-electron chi connectivity index (χ3n) is 3.11. The van der Waals surface area contributed by atoms with Crippen LogP contribution in [-0.2, 0) is 6.54 Å². The molecule has 21 heavy (non-hydrogen) atoms. The van der Waals surface area contributed by atoms with Crippen molar-refractivity contribution < 1.29 is 9.50 Å². The van der Waals surface area contributed by atoms with Gasteiger partial charge in [-0.1, -0.05) is 33.6 Å². The van der Waals surface area contributed by atoms with Crippen LogP contribution in [0.5, 0.6) is 0 Å². The molecule has 0 aliphatic carbocycles. The number of benzene rings is 1. The lowest BCUT2D eigenvalue weighted by Crippen LogP contribution is -2.21. The first kappa shape index (κ1) is 16.4. The number of halogens is 3. The number of nitrogens with zero attached hydrogens (tertiary/aromatic N) is 3. The Morgan fingerprint density at radius 1 is 1.48 bits per heavy atom. The van der Waals surface area contributed by atoms with Crippen LogP contribution in [0.2, 0.25) is 5.02 Å².